The molecule has 10 aromatic rings. The van der Waals surface area contributed by atoms with Crippen LogP contribution in [0.4, 0.5) is 5.69 Å². The van der Waals surface area contributed by atoms with E-state index < -0.39 is 0 Å². The van der Waals surface area contributed by atoms with Crippen LogP contribution in [0.2, 0.25) is 0 Å². The molecule has 0 saturated heterocycles. The summed E-state index contributed by atoms with van der Waals surface area (Å²) in [6, 6.07) is 52.5. The highest BCUT2D eigenvalue weighted by atomic mass is 32.1. The summed E-state index contributed by atoms with van der Waals surface area (Å²) in [5, 5.41) is 6.15. The SMILES string of the molecule is C=N/C(=C\C(=N/C)N(C)c1cccc(-c2ccc(C)c3sc4ccccc4c23)c1-c1ccccc1)n1c2ccccc2c2c(-c3cccc4sc5c(c34)C=C=CC=C5)cccc21. The molecule has 0 radical (unpaired) electrons. The molecule has 4 nitrogen and oxygen atoms in total. The number of hydrogen-bond acceptors (Lipinski definition) is 4. The minimum atomic E-state index is 0.684. The van der Waals surface area contributed by atoms with Gasteiger partial charge < -0.3 is 4.90 Å². The van der Waals surface area contributed by atoms with Crippen LogP contribution >= 0.6 is 22.7 Å². The molecule has 1 aliphatic rings. The predicted octanol–water partition coefficient (Wildman–Crippen LogP) is 15.5. The van der Waals surface area contributed by atoms with Crippen molar-refractivity contribution < 1.29 is 0 Å². The zero-order valence-electron chi connectivity index (χ0n) is 34.6. The molecule has 1 aliphatic carbocycles. The third-order valence-electron chi connectivity index (χ3n) is 12.1. The molecule has 62 heavy (non-hydrogen) atoms. The lowest BCUT2D eigenvalue weighted by molar-refractivity contribution is 1.17. The molecular weight excluding hydrogens is 793 g/mol. The zero-order chi connectivity index (χ0) is 41.9. The number of fused-ring (bicyclic) bond motifs is 9. The van der Waals surface area contributed by atoms with E-state index in [4.69, 9.17) is 9.98 Å². The van der Waals surface area contributed by atoms with Gasteiger partial charge in [-0.3, -0.25) is 9.56 Å². The third kappa shape index (κ3) is 5.95. The van der Waals surface area contributed by atoms with Crippen LogP contribution in [0.1, 0.15) is 16.0 Å². The summed E-state index contributed by atoms with van der Waals surface area (Å²) < 4.78 is 6.11. The summed E-state index contributed by atoms with van der Waals surface area (Å²) in [7, 11) is 3.95. The second-order valence-corrected chi connectivity index (χ2v) is 17.7. The van der Waals surface area contributed by atoms with E-state index in [1.54, 1.807) is 0 Å². The van der Waals surface area contributed by atoms with Crippen molar-refractivity contribution in [2.45, 2.75) is 6.92 Å². The van der Waals surface area contributed by atoms with Crippen molar-refractivity contribution in [1.82, 2.24) is 4.57 Å². The molecule has 0 spiro atoms. The molecule has 11 rings (SSSR count). The smallest absolute Gasteiger partial charge is 0.140 e. The number of aryl methyl sites for hydroxylation is 1. The molecule has 0 saturated carbocycles. The molecule has 0 aliphatic heterocycles. The first-order valence-corrected chi connectivity index (χ1v) is 22.3. The Balaban J connectivity index is 1.09. The van der Waals surface area contributed by atoms with Gasteiger partial charge in [0, 0.05) is 77.2 Å². The minimum Gasteiger partial charge on any atom is -0.329 e. The average molecular weight is 833 g/mol. The number of rotatable bonds is 7. The maximum Gasteiger partial charge on any atom is 0.140 e. The Labute approximate surface area is 368 Å². The van der Waals surface area contributed by atoms with Gasteiger partial charge in [0.05, 0.1) is 16.7 Å². The van der Waals surface area contributed by atoms with E-state index in [0.29, 0.717) is 5.82 Å². The zero-order valence-corrected chi connectivity index (χ0v) is 36.2. The van der Waals surface area contributed by atoms with E-state index in [-0.39, 0.29) is 0 Å². The Kier molecular flexibility index (Phi) is 9.28. The number of nitrogens with zero attached hydrogens (tertiary/aromatic N) is 4. The van der Waals surface area contributed by atoms with Gasteiger partial charge in [-0.15, -0.1) is 28.4 Å². The normalized spacial score (nSPS) is 12.9. The monoisotopic (exact) mass is 832 g/mol. The van der Waals surface area contributed by atoms with Crippen molar-refractivity contribution >= 4 is 111 Å². The van der Waals surface area contributed by atoms with E-state index in [1.807, 2.05) is 35.8 Å². The molecule has 0 bridgehead atoms. The van der Waals surface area contributed by atoms with Gasteiger partial charge in [0.25, 0.3) is 0 Å². The van der Waals surface area contributed by atoms with Crippen molar-refractivity contribution in [3.8, 4) is 33.4 Å². The Morgan fingerprint density at radius 2 is 1.37 bits per heavy atom. The lowest BCUT2D eigenvalue weighted by Crippen LogP contribution is -2.26. The quantitative estimate of drug-likeness (QED) is 0.0894. The first kappa shape index (κ1) is 37.6. The molecule has 0 unspecified atom stereocenters. The average Bonchev–Trinajstić information content (AvgIpc) is 3.94. The molecule has 3 aromatic heterocycles. The maximum atomic E-state index is 4.95. The summed E-state index contributed by atoms with van der Waals surface area (Å²) in [6.07, 6.45) is 10.4. The second kappa shape index (κ2) is 15.3. The molecule has 3 heterocycles. The topological polar surface area (TPSA) is 32.9 Å². The van der Waals surface area contributed by atoms with Gasteiger partial charge in [-0.1, -0.05) is 121 Å². The van der Waals surface area contributed by atoms with Crippen molar-refractivity contribution in [1.29, 1.82) is 0 Å². The van der Waals surface area contributed by atoms with Gasteiger partial charge >= 0.3 is 0 Å². The van der Waals surface area contributed by atoms with Crippen molar-refractivity contribution in [3.63, 3.8) is 0 Å². The van der Waals surface area contributed by atoms with Crippen LogP contribution in [-0.4, -0.2) is 31.2 Å². The van der Waals surface area contributed by atoms with Crippen LogP contribution < -0.4 is 4.90 Å². The number of benzene rings is 7. The van der Waals surface area contributed by atoms with Crippen LogP contribution in [0.25, 0.3) is 103 Å². The number of hydrogen-bond donors (Lipinski definition) is 0. The largest absolute Gasteiger partial charge is 0.329 e. The Hall–Kier alpha value is -7.34. The highest BCUT2D eigenvalue weighted by Crippen LogP contribution is 2.48. The molecule has 6 heteroatoms. The number of thiophene rings is 2. The first-order valence-electron chi connectivity index (χ1n) is 20.7. The third-order valence-corrected chi connectivity index (χ3v) is 14.6. The fraction of sp³-hybridized carbons (Fsp3) is 0.0536. The summed E-state index contributed by atoms with van der Waals surface area (Å²) in [5.41, 5.74) is 16.0. The number of aromatic nitrogens is 1. The minimum absolute atomic E-state index is 0.684. The predicted molar refractivity (Wildman–Crippen MR) is 272 cm³/mol. The molecular formula is C56H40N4S2. The Bertz CT molecular complexity index is 3620. The van der Waals surface area contributed by atoms with Gasteiger partial charge in [-0.25, -0.2) is 4.99 Å². The van der Waals surface area contributed by atoms with Crippen molar-refractivity contribution in [2.24, 2.45) is 9.98 Å². The summed E-state index contributed by atoms with van der Waals surface area (Å²) in [5.74, 6) is 1.43. The number of anilines is 1. The highest BCUT2D eigenvalue weighted by Gasteiger charge is 2.23. The Morgan fingerprint density at radius 3 is 2.21 bits per heavy atom. The summed E-state index contributed by atoms with van der Waals surface area (Å²) in [4.78, 5) is 13.1. The number of aliphatic imine (C=N–C) groups is 2. The van der Waals surface area contributed by atoms with Crippen LogP contribution in [0.3, 0.4) is 0 Å². The van der Waals surface area contributed by atoms with Crippen LogP contribution in [0.5, 0.6) is 0 Å². The molecule has 0 amide bonds. The number of allylic oxidation sites excluding steroid dienone is 2. The van der Waals surface area contributed by atoms with Crippen molar-refractivity contribution in [3.05, 3.63) is 186 Å². The molecule has 0 fully saturated rings. The van der Waals surface area contributed by atoms with Crippen LogP contribution in [0, 0.1) is 6.92 Å². The van der Waals surface area contributed by atoms with E-state index >= 15 is 0 Å². The van der Waals surface area contributed by atoms with E-state index in [9.17, 15) is 0 Å². The van der Waals surface area contributed by atoms with Crippen molar-refractivity contribution in [2.75, 3.05) is 19.0 Å². The molecule has 7 aromatic carbocycles. The van der Waals surface area contributed by atoms with E-state index in [2.05, 4.69) is 206 Å². The highest BCUT2D eigenvalue weighted by molar-refractivity contribution is 7.26. The van der Waals surface area contributed by atoms with E-state index in [1.165, 1.54) is 73.9 Å². The number of para-hydroxylation sites is 1. The van der Waals surface area contributed by atoms with Crippen LogP contribution in [-0.2, 0) is 0 Å². The van der Waals surface area contributed by atoms with Gasteiger partial charge in [0.15, 0.2) is 0 Å². The second-order valence-electron chi connectivity index (χ2n) is 15.5. The number of amidine groups is 1. The maximum absolute atomic E-state index is 4.95. The molecule has 0 atom stereocenters. The summed E-state index contributed by atoms with van der Waals surface area (Å²) >= 11 is 3.69. The van der Waals surface area contributed by atoms with Crippen LogP contribution in [0.15, 0.2) is 180 Å². The first-order chi connectivity index (χ1) is 30.5. The molecule has 0 N–H and O–H groups in total. The fourth-order valence-electron chi connectivity index (χ4n) is 9.36. The van der Waals surface area contributed by atoms with Gasteiger partial charge in [-0.2, -0.15) is 0 Å². The standard InChI is InChI=1S/C56H40N4S2/c1-35-32-33-40(55-43-22-12-14-30-48(43)62-56(35)55)37-23-15-27-45(52(37)36-18-7-5-8-19-36)59(4)50(57-2)34-51(58-3)60-44-26-13-11-20-41(44)53-38(24-16-28-46(53)60)39-25-17-31-49-54(39)42-21-9-6-10-29-47(42)61-49/h5-8,10-34H,3H2,1-2,4H3/b51-34+,57-50+. The number of likely N-dealkylation sites (N-methyl/N-ethyl adjacent to an activating group) is 1. The van der Waals surface area contributed by atoms with Gasteiger partial charge in [0.1, 0.15) is 11.7 Å². The van der Waals surface area contributed by atoms with Gasteiger partial charge in [0.2, 0.25) is 0 Å². The van der Waals surface area contributed by atoms with Gasteiger partial charge in [-0.05, 0) is 95.6 Å². The van der Waals surface area contributed by atoms with E-state index in [0.717, 1.165) is 39.1 Å². The lowest BCUT2D eigenvalue weighted by atomic mass is 9.89. The Morgan fingerprint density at radius 1 is 0.677 bits per heavy atom. The molecule has 296 valence electrons. The lowest BCUT2D eigenvalue weighted by Gasteiger charge is -2.25. The summed E-state index contributed by atoms with van der Waals surface area (Å²) in [6.45, 7) is 6.38. The fourth-order valence-corrected chi connectivity index (χ4v) is 11.7.